The average Bonchev–Trinajstić information content (AvgIpc) is 2.11. The lowest BCUT2D eigenvalue weighted by Crippen LogP contribution is -2.53. The van der Waals surface area contributed by atoms with Gasteiger partial charge in [0.1, 0.15) is 6.04 Å². The van der Waals surface area contributed by atoms with Crippen molar-refractivity contribution in [3.8, 4) is 12.3 Å². The summed E-state index contributed by atoms with van der Waals surface area (Å²) in [5, 5.41) is 10.0. The van der Waals surface area contributed by atoms with Gasteiger partial charge in [-0.1, -0.05) is 5.92 Å². The summed E-state index contributed by atoms with van der Waals surface area (Å²) in [6, 6.07) is -1.80. The van der Waals surface area contributed by atoms with Gasteiger partial charge in [-0.3, -0.25) is 4.79 Å². The first kappa shape index (κ1) is 14.3. The Hall–Kier alpha value is -1.71. The zero-order valence-corrected chi connectivity index (χ0v) is 8.55. The highest BCUT2D eigenvalue weighted by Gasteiger charge is 2.44. The first-order valence-corrected chi connectivity index (χ1v) is 4.10. The molecule has 0 bridgehead atoms. The van der Waals surface area contributed by atoms with Crippen LogP contribution in [0.15, 0.2) is 0 Å². The summed E-state index contributed by atoms with van der Waals surface area (Å²) in [6.07, 6.45) is -0.157. The molecule has 0 aliphatic carbocycles. The molecule has 2 N–H and O–H groups in total. The quantitative estimate of drug-likeness (QED) is 0.713. The van der Waals surface area contributed by atoms with Gasteiger partial charge in [0.15, 0.2) is 0 Å². The van der Waals surface area contributed by atoms with Crippen molar-refractivity contribution in [3.05, 3.63) is 0 Å². The highest BCUT2D eigenvalue weighted by atomic mass is 19.4. The zero-order valence-electron chi connectivity index (χ0n) is 8.55. The van der Waals surface area contributed by atoms with Gasteiger partial charge in [-0.15, -0.1) is 6.42 Å². The molecule has 0 rings (SSSR count). The maximum Gasteiger partial charge on any atom is 0.471 e. The van der Waals surface area contributed by atoms with Crippen LogP contribution in [0.1, 0.15) is 13.8 Å². The molecule has 0 fully saturated rings. The number of carbonyl (C=O) groups is 2. The number of halogens is 3. The Balaban J connectivity index is 4.96. The van der Waals surface area contributed by atoms with Crippen LogP contribution in [0.5, 0.6) is 0 Å². The molecule has 0 aliphatic rings. The summed E-state index contributed by atoms with van der Waals surface area (Å²) in [7, 11) is 0. The number of rotatable bonds is 3. The second-order valence-corrected chi connectivity index (χ2v) is 3.61. The SMILES string of the molecule is C#CC(C)(C)[C@H](NC(=O)C(F)(F)F)C(=O)O. The van der Waals surface area contributed by atoms with E-state index < -0.39 is 29.5 Å². The van der Waals surface area contributed by atoms with Gasteiger partial charge in [0.2, 0.25) is 0 Å². The van der Waals surface area contributed by atoms with Crippen LogP contribution < -0.4 is 5.32 Å². The molecule has 0 aromatic rings. The predicted octanol–water partition coefficient (Wildman–Crippen LogP) is 0.777. The Kier molecular flexibility index (Phi) is 3.96. The number of nitrogens with one attached hydrogen (secondary N) is 1. The molecule has 0 aromatic heterocycles. The molecule has 0 saturated heterocycles. The number of alkyl halides is 3. The lowest BCUT2D eigenvalue weighted by atomic mass is 9.85. The van der Waals surface area contributed by atoms with E-state index in [4.69, 9.17) is 11.5 Å². The molecule has 0 spiro atoms. The zero-order chi connectivity index (χ0) is 13.1. The van der Waals surface area contributed by atoms with E-state index in [2.05, 4.69) is 0 Å². The molecule has 0 unspecified atom stereocenters. The second-order valence-electron chi connectivity index (χ2n) is 3.61. The van der Waals surface area contributed by atoms with Gasteiger partial charge in [-0.25, -0.2) is 4.79 Å². The van der Waals surface area contributed by atoms with Crippen molar-refractivity contribution in [2.24, 2.45) is 5.41 Å². The van der Waals surface area contributed by atoms with Crippen LogP contribution in [0.25, 0.3) is 0 Å². The number of carbonyl (C=O) groups excluding carboxylic acids is 1. The molecule has 0 aliphatic heterocycles. The standard InChI is InChI=1S/C9H10F3NO3/c1-4-8(2,3)5(6(14)15)13-7(16)9(10,11)12/h1,5H,2-3H3,(H,13,16)(H,14,15)/t5-/m1/s1. The highest BCUT2D eigenvalue weighted by molar-refractivity contribution is 5.87. The number of carboxylic acid groups (broad SMARTS) is 1. The van der Waals surface area contributed by atoms with E-state index in [0.717, 1.165) is 0 Å². The number of hydrogen-bond donors (Lipinski definition) is 2. The van der Waals surface area contributed by atoms with Crippen LogP contribution in [0.3, 0.4) is 0 Å². The Bertz CT molecular complexity index is 341. The van der Waals surface area contributed by atoms with Crippen molar-refractivity contribution < 1.29 is 27.9 Å². The fraction of sp³-hybridized carbons (Fsp3) is 0.556. The largest absolute Gasteiger partial charge is 0.480 e. The lowest BCUT2D eigenvalue weighted by Gasteiger charge is -2.26. The van der Waals surface area contributed by atoms with Gasteiger partial charge < -0.3 is 10.4 Å². The third kappa shape index (κ3) is 3.46. The van der Waals surface area contributed by atoms with E-state index in [-0.39, 0.29) is 0 Å². The van der Waals surface area contributed by atoms with Crippen LogP contribution in [0, 0.1) is 17.8 Å². The Labute approximate surface area is 89.8 Å². The number of terminal acetylenes is 1. The average molecular weight is 237 g/mol. The topological polar surface area (TPSA) is 66.4 Å². The third-order valence-electron chi connectivity index (χ3n) is 1.87. The number of amides is 1. The minimum absolute atomic E-state index is 1.24. The Morgan fingerprint density at radius 1 is 1.38 bits per heavy atom. The van der Waals surface area contributed by atoms with Crippen LogP contribution in [-0.4, -0.2) is 29.2 Å². The third-order valence-corrected chi connectivity index (χ3v) is 1.87. The fourth-order valence-corrected chi connectivity index (χ4v) is 0.847. The van der Waals surface area contributed by atoms with Gasteiger partial charge in [0.05, 0.1) is 5.41 Å². The number of aliphatic carboxylic acids is 1. The molecule has 1 atom stereocenters. The van der Waals surface area contributed by atoms with Crippen molar-refractivity contribution >= 4 is 11.9 Å². The molecule has 0 radical (unpaired) electrons. The van der Waals surface area contributed by atoms with Crippen molar-refractivity contribution in [2.75, 3.05) is 0 Å². The summed E-state index contributed by atoms with van der Waals surface area (Å²) in [5.74, 6) is -1.94. The molecule has 90 valence electrons. The Morgan fingerprint density at radius 2 is 1.81 bits per heavy atom. The van der Waals surface area contributed by atoms with Gasteiger partial charge in [0.25, 0.3) is 0 Å². The minimum atomic E-state index is -5.14. The van der Waals surface area contributed by atoms with E-state index in [0.29, 0.717) is 0 Å². The summed E-state index contributed by atoms with van der Waals surface area (Å²) < 4.78 is 35.7. The van der Waals surface area contributed by atoms with E-state index >= 15 is 0 Å². The predicted molar refractivity (Wildman–Crippen MR) is 48.2 cm³/mol. The van der Waals surface area contributed by atoms with Gasteiger partial charge in [-0.2, -0.15) is 13.2 Å². The van der Waals surface area contributed by atoms with E-state index in [9.17, 15) is 22.8 Å². The fourth-order valence-electron chi connectivity index (χ4n) is 0.847. The molecule has 7 heteroatoms. The van der Waals surface area contributed by atoms with Gasteiger partial charge in [-0.05, 0) is 13.8 Å². The summed E-state index contributed by atoms with van der Waals surface area (Å²) in [4.78, 5) is 21.3. The molecule has 0 saturated carbocycles. The molecule has 16 heavy (non-hydrogen) atoms. The van der Waals surface area contributed by atoms with Crippen molar-refractivity contribution in [1.29, 1.82) is 0 Å². The molecular weight excluding hydrogens is 227 g/mol. The summed E-state index contributed by atoms with van der Waals surface area (Å²) in [6.45, 7) is 2.48. The molecule has 4 nitrogen and oxygen atoms in total. The summed E-state index contributed by atoms with van der Waals surface area (Å²) >= 11 is 0. The van der Waals surface area contributed by atoms with Crippen molar-refractivity contribution in [3.63, 3.8) is 0 Å². The minimum Gasteiger partial charge on any atom is -0.480 e. The van der Waals surface area contributed by atoms with Crippen LogP contribution in [0.2, 0.25) is 0 Å². The number of hydrogen-bond acceptors (Lipinski definition) is 2. The second kappa shape index (κ2) is 4.43. The Morgan fingerprint density at radius 3 is 2.06 bits per heavy atom. The van der Waals surface area contributed by atoms with E-state index in [1.165, 1.54) is 19.2 Å². The normalized spacial score (nSPS) is 13.8. The first-order valence-electron chi connectivity index (χ1n) is 4.10. The van der Waals surface area contributed by atoms with Crippen LogP contribution in [0.4, 0.5) is 13.2 Å². The maximum absolute atomic E-state index is 11.9. The monoisotopic (exact) mass is 237 g/mol. The maximum atomic E-state index is 11.9. The number of carboxylic acids is 1. The first-order chi connectivity index (χ1) is 7.02. The van der Waals surface area contributed by atoms with Crippen molar-refractivity contribution in [1.82, 2.24) is 5.32 Å². The van der Waals surface area contributed by atoms with Gasteiger partial charge >= 0.3 is 18.1 Å². The molecule has 0 heterocycles. The summed E-state index contributed by atoms with van der Waals surface area (Å²) in [5.41, 5.74) is -1.42. The van der Waals surface area contributed by atoms with E-state index in [1.807, 2.05) is 5.92 Å². The van der Waals surface area contributed by atoms with Gasteiger partial charge in [0, 0.05) is 0 Å². The van der Waals surface area contributed by atoms with Crippen molar-refractivity contribution in [2.45, 2.75) is 26.1 Å². The molecule has 0 aromatic carbocycles. The van der Waals surface area contributed by atoms with Crippen LogP contribution >= 0.6 is 0 Å². The van der Waals surface area contributed by atoms with E-state index in [1.54, 1.807) is 0 Å². The lowest BCUT2D eigenvalue weighted by molar-refractivity contribution is -0.176. The molecular formula is C9H10F3NO3. The highest BCUT2D eigenvalue weighted by Crippen LogP contribution is 2.22. The van der Waals surface area contributed by atoms with Crippen LogP contribution in [-0.2, 0) is 9.59 Å². The smallest absolute Gasteiger partial charge is 0.471 e. The molecule has 1 amide bonds.